The maximum Gasteiger partial charge on any atom is 0.234 e. The summed E-state index contributed by atoms with van der Waals surface area (Å²) < 4.78 is 1.96. The molecule has 0 spiro atoms. The third-order valence-electron chi connectivity index (χ3n) is 4.49. The number of carbonyl (C=O) groups excluding carboxylic acids is 2. The topological polar surface area (TPSA) is 63.1 Å². The van der Waals surface area contributed by atoms with Crippen molar-refractivity contribution in [3.8, 4) is 5.69 Å². The minimum atomic E-state index is 0.0342. The van der Waals surface area contributed by atoms with Crippen LogP contribution in [0.1, 0.15) is 55.1 Å². The molecule has 1 aliphatic heterocycles. The van der Waals surface area contributed by atoms with Crippen LogP contribution in [0.25, 0.3) is 5.69 Å². The quantitative estimate of drug-likeness (QED) is 0.830. The SMILES string of the molecule is CCCC(=O)c1ccn(-c2ccc(C3NNC(=O)CC3C)cc2)c1. The maximum absolute atomic E-state index is 12.0. The van der Waals surface area contributed by atoms with Gasteiger partial charge >= 0.3 is 0 Å². The largest absolute Gasteiger partial charge is 0.323 e. The molecule has 24 heavy (non-hydrogen) atoms. The van der Waals surface area contributed by atoms with Crippen molar-refractivity contribution in [1.82, 2.24) is 15.4 Å². The van der Waals surface area contributed by atoms with Gasteiger partial charge in [0.2, 0.25) is 5.91 Å². The molecule has 2 atom stereocenters. The molecule has 0 radical (unpaired) electrons. The number of Topliss-reactive ketones (excluding diaryl/α,β-unsaturated/α-hetero) is 1. The van der Waals surface area contributed by atoms with E-state index >= 15 is 0 Å². The van der Waals surface area contributed by atoms with E-state index in [0.29, 0.717) is 12.8 Å². The van der Waals surface area contributed by atoms with Crippen molar-refractivity contribution < 1.29 is 9.59 Å². The van der Waals surface area contributed by atoms with E-state index < -0.39 is 0 Å². The molecule has 1 amide bonds. The lowest BCUT2D eigenvalue weighted by atomic mass is 9.91. The zero-order valence-corrected chi connectivity index (χ0v) is 14.1. The molecule has 5 heteroatoms. The van der Waals surface area contributed by atoms with Crippen LogP contribution in [-0.4, -0.2) is 16.3 Å². The molecule has 2 N–H and O–H groups in total. The first-order valence-electron chi connectivity index (χ1n) is 8.44. The molecule has 126 valence electrons. The third kappa shape index (κ3) is 3.41. The number of hydrazine groups is 1. The van der Waals surface area contributed by atoms with Crippen molar-refractivity contribution in [2.45, 2.75) is 39.2 Å². The van der Waals surface area contributed by atoms with Crippen molar-refractivity contribution >= 4 is 11.7 Å². The summed E-state index contributed by atoms with van der Waals surface area (Å²) in [4.78, 5) is 23.3. The number of aromatic nitrogens is 1. The summed E-state index contributed by atoms with van der Waals surface area (Å²) in [5, 5.41) is 0. The number of carbonyl (C=O) groups is 2. The van der Waals surface area contributed by atoms with Crippen LogP contribution < -0.4 is 10.9 Å². The molecule has 1 aromatic carbocycles. The van der Waals surface area contributed by atoms with Gasteiger partial charge in [-0.15, -0.1) is 0 Å². The molecule has 0 saturated carbocycles. The molecular weight excluding hydrogens is 302 g/mol. The number of nitrogens with zero attached hydrogens (tertiary/aromatic N) is 1. The van der Waals surface area contributed by atoms with Crippen molar-refractivity contribution in [3.63, 3.8) is 0 Å². The average Bonchev–Trinajstić information content (AvgIpc) is 3.05. The predicted molar refractivity (Wildman–Crippen MR) is 92.8 cm³/mol. The van der Waals surface area contributed by atoms with Crippen LogP contribution in [0, 0.1) is 5.92 Å². The summed E-state index contributed by atoms with van der Waals surface area (Å²) in [5.74, 6) is 0.463. The Morgan fingerprint density at radius 2 is 2.00 bits per heavy atom. The highest BCUT2D eigenvalue weighted by Crippen LogP contribution is 2.27. The molecule has 0 aliphatic carbocycles. The second kappa shape index (κ2) is 7.01. The van der Waals surface area contributed by atoms with Crippen LogP contribution in [0.15, 0.2) is 42.7 Å². The van der Waals surface area contributed by atoms with Gasteiger partial charge < -0.3 is 4.57 Å². The van der Waals surface area contributed by atoms with Crippen LogP contribution in [0.4, 0.5) is 0 Å². The van der Waals surface area contributed by atoms with Crippen LogP contribution in [0.5, 0.6) is 0 Å². The second-order valence-corrected chi connectivity index (χ2v) is 6.42. The Hall–Kier alpha value is -2.40. The van der Waals surface area contributed by atoms with Crippen LogP contribution in [-0.2, 0) is 4.79 Å². The highest BCUT2D eigenvalue weighted by Gasteiger charge is 2.26. The number of nitrogens with one attached hydrogen (secondary N) is 2. The van der Waals surface area contributed by atoms with Gasteiger partial charge in [-0.05, 0) is 36.1 Å². The lowest BCUT2D eigenvalue weighted by Gasteiger charge is -2.30. The molecule has 3 rings (SSSR count). The number of amides is 1. The Morgan fingerprint density at radius 3 is 2.67 bits per heavy atom. The second-order valence-electron chi connectivity index (χ2n) is 6.42. The van der Waals surface area contributed by atoms with Crippen LogP contribution >= 0.6 is 0 Å². The van der Waals surface area contributed by atoms with E-state index in [1.54, 1.807) is 0 Å². The first-order chi connectivity index (χ1) is 11.6. The Labute approximate surface area is 142 Å². The van der Waals surface area contributed by atoms with E-state index in [1.165, 1.54) is 0 Å². The molecular formula is C19H23N3O2. The highest BCUT2D eigenvalue weighted by atomic mass is 16.2. The summed E-state index contributed by atoms with van der Waals surface area (Å²) >= 11 is 0. The van der Waals surface area contributed by atoms with Gasteiger partial charge in [-0.1, -0.05) is 26.0 Å². The molecule has 2 unspecified atom stereocenters. The van der Waals surface area contributed by atoms with E-state index in [-0.39, 0.29) is 23.7 Å². The number of rotatable bonds is 5. The minimum Gasteiger partial charge on any atom is -0.323 e. The highest BCUT2D eigenvalue weighted by molar-refractivity contribution is 5.95. The normalized spacial score (nSPS) is 20.7. The summed E-state index contributed by atoms with van der Waals surface area (Å²) in [5.41, 5.74) is 8.69. The van der Waals surface area contributed by atoms with Crippen molar-refractivity contribution in [1.29, 1.82) is 0 Å². The Bertz CT molecular complexity index is 733. The summed E-state index contributed by atoms with van der Waals surface area (Å²) in [7, 11) is 0. The predicted octanol–water partition coefficient (Wildman–Crippen LogP) is 3.16. The Morgan fingerprint density at radius 1 is 1.25 bits per heavy atom. The van der Waals surface area contributed by atoms with E-state index in [0.717, 1.165) is 23.2 Å². The smallest absolute Gasteiger partial charge is 0.234 e. The summed E-state index contributed by atoms with van der Waals surface area (Å²) in [6, 6.07) is 10.2. The molecule has 2 aromatic rings. The van der Waals surface area contributed by atoms with Crippen molar-refractivity contribution in [2.24, 2.45) is 5.92 Å². The average molecular weight is 325 g/mol. The third-order valence-corrected chi connectivity index (χ3v) is 4.49. The minimum absolute atomic E-state index is 0.0342. The van der Waals surface area contributed by atoms with Gasteiger partial charge in [0.15, 0.2) is 5.78 Å². The Balaban J connectivity index is 1.75. The van der Waals surface area contributed by atoms with Crippen molar-refractivity contribution in [2.75, 3.05) is 0 Å². The van der Waals surface area contributed by atoms with Crippen LogP contribution in [0.2, 0.25) is 0 Å². The molecule has 5 nitrogen and oxygen atoms in total. The Kier molecular flexibility index (Phi) is 4.81. The zero-order chi connectivity index (χ0) is 17.1. The molecule has 1 saturated heterocycles. The lowest BCUT2D eigenvalue weighted by molar-refractivity contribution is -0.125. The summed E-state index contributed by atoms with van der Waals surface area (Å²) in [6.45, 7) is 4.08. The molecule has 2 heterocycles. The molecule has 1 aromatic heterocycles. The van der Waals surface area contributed by atoms with Gasteiger partial charge in [-0.25, -0.2) is 5.43 Å². The van der Waals surface area contributed by atoms with Gasteiger partial charge in [-0.3, -0.25) is 15.0 Å². The van der Waals surface area contributed by atoms with Gasteiger partial charge in [0.25, 0.3) is 0 Å². The van der Waals surface area contributed by atoms with Crippen LogP contribution in [0.3, 0.4) is 0 Å². The first kappa shape index (κ1) is 16.5. The van der Waals surface area contributed by atoms with Gasteiger partial charge in [0, 0.05) is 36.5 Å². The zero-order valence-electron chi connectivity index (χ0n) is 14.1. The lowest BCUT2D eigenvalue weighted by Crippen LogP contribution is -2.48. The fourth-order valence-electron chi connectivity index (χ4n) is 3.12. The number of benzene rings is 1. The first-order valence-corrected chi connectivity index (χ1v) is 8.44. The van der Waals surface area contributed by atoms with Crippen molar-refractivity contribution in [3.05, 3.63) is 53.9 Å². The maximum atomic E-state index is 12.0. The monoisotopic (exact) mass is 325 g/mol. The van der Waals surface area contributed by atoms with E-state index in [4.69, 9.17) is 0 Å². The number of hydrogen-bond acceptors (Lipinski definition) is 3. The van der Waals surface area contributed by atoms with Gasteiger partial charge in [0.05, 0.1) is 6.04 Å². The standard InChI is InChI=1S/C19H23N3O2/c1-3-4-17(23)15-9-10-22(12-15)16-7-5-14(6-8-16)19-13(2)11-18(24)20-21-19/h5-10,12-13,19,21H,3-4,11H2,1-2H3,(H,20,24). The number of ketones is 1. The summed E-state index contributed by atoms with van der Waals surface area (Å²) in [6.07, 6.45) is 5.77. The van der Waals surface area contributed by atoms with Gasteiger partial charge in [0.1, 0.15) is 0 Å². The van der Waals surface area contributed by atoms with E-state index in [9.17, 15) is 9.59 Å². The fraction of sp³-hybridized carbons (Fsp3) is 0.368. The van der Waals surface area contributed by atoms with E-state index in [2.05, 4.69) is 29.9 Å². The van der Waals surface area contributed by atoms with E-state index in [1.807, 2.05) is 42.1 Å². The molecule has 0 bridgehead atoms. The van der Waals surface area contributed by atoms with Gasteiger partial charge in [-0.2, -0.15) is 0 Å². The molecule has 1 aliphatic rings. The molecule has 1 fully saturated rings. The fourth-order valence-corrected chi connectivity index (χ4v) is 3.12. The number of hydrogen-bond donors (Lipinski definition) is 2.